The molecule has 1 atom stereocenters. The predicted octanol–water partition coefficient (Wildman–Crippen LogP) is 3.91. The highest BCUT2D eigenvalue weighted by atomic mass is 16.4. The molecule has 0 aliphatic rings. The molecule has 0 aliphatic heterocycles. The van der Waals surface area contributed by atoms with Crippen molar-refractivity contribution in [3.8, 4) is 11.1 Å². The number of pyridine rings is 1. The normalized spacial score (nSPS) is 11.5. The average molecular weight is 376 g/mol. The van der Waals surface area contributed by atoms with E-state index in [1.807, 2.05) is 12.1 Å². The second-order valence-electron chi connectivity index (χ2n) is 6.22. The summed E-state index contributed by atoms with van der Waals surface area (Å²) in [6, 6.07) is 18.4. The first-order chi connectivity index (χ1) is 13.5. The SMILES string of the molecule is CC(C(=O)c1ccccc1)N(Nc1cccc(-c2ccnc(N)c2)c1)C(=O)O. The fourth-order valence-electron chi connectivity index (χ4n) is 2.81. The van der Waals surface area contributed by atoms with Crippen molar-refractivity contribution in [2.45, 2.75) is 13.0 Å². The summed E-state index contributed by atoms with van der Waals surface area (Å²) < 4.78 is 0. The Balaban J connectivity index is 1.84. The summed E-state index contributed by atoms with van der Waals surface area (Å²) in [5.74, 6) is 0.0960. The van der Waals surface area contributed by atoms with E-state index in [0.29, 0.717) is 17.1 Å². The van der Waals surface area contributed by atoms with Crippen LogP contribution in [0.2, 0.25) is 0 Å². The molecule has 0 aliphatic carbocycles. The number of rotatable bonds is 6. The largest absolute Gasteiger partial charge is 0.464 e. The molecular formula is C21H20N4O3. The van der Waals surface area contributed by atoms with Gasteiger partial charge in [-0.15, -0.1) is 0 Å². The molecule has 0 radical (unpaired) electrons. The van der Waals surface area contributed by atoms with E-state index in [9.17, 15) is 14.7 Å². The second-order valence-corrected chi connectivity index (χ2v) is 6.22. The molecule has 0 spiro atoms. The lowest BCUT2D eigenvalue weighted by molar-refractivity contribution is 0.0843. The Morgan fingerprint density at radius 2 is 1.75 bits per heavy atom. The van der Waals surface area contributed by atoms with E-state index in [-0.39, 0.29) is 5.78 Å². The van der Waals surface area contributed by atoms with E-state index in [1.54, 1.807) is 67.7 Å². The number of nitrogens with two attached hydrogens (primary N) is 1. The van der Waals surface area contributed by atoms with Crippen molar-refractivity contribution in [1.82, 2.24) is 9.99 Å². The van der Waals surface area contributed by atoms with Gasteiger partial charge in [0.2, 0.25) is 0 Å². The quantitative estimate of drug-likeness (QED) is 0.445. The van der Waals surface area contributed by atoms with Crippen molar-refractivity contribution in [2.24, 2.45) is 0 Å². The van der Waals surface area contributed by atoms with Gasteiger partial charge < -0.3 is 10.8 Å². The van der Waals surface area contributed by atoms with Crippen LogP contribution in [0.15, 0.2) is 72.9 Å². The van der Waals surface area contributed by atoms with Crippen LogP contribution in [-0.4, -0.2) is 33.0 Å². The number of aromatic nitrogens is 1. The van der Waals surface area contributed by atoms with E-state index in [0.717, 1.165) is 16.1 Å². The summed E-state index contributed by atoms with van der Waals surface area (Å²) in [6.45, 7) is 1.55. The Labute approximate surface area is 162 Å². The molecular weight excluding hydrogens is 356 g/mol. The van der Waals surface area contributed by atoms with E-state index in [1.165, 1.54) is 0 Å². The second kappa shape index (κ2) is 8.22. The predicted molar refractivity (Wildman–Crippen MR) is 108 cm³/mol. The van der Waals surface area contributed by atoms with Gasteiger partial charge in [0.25, 0.3) is 0 Å². The van der Waals surface area contributed by atoms with Crippen molar-refractivity contribution in [2.75, 3.05) is 11.2 Å². The number of carbonyl (C=O) groups is 2. The minimum Gasteiger partial charge on any atom is -0.464 e. The van der Waals surface area contributed by atoms with Crippen molar-refractivity contribution in [1.29, 1.82) is 0 Å². The Kier molecular flexibility index (Phi) is 5.55. The molecule has 3 rings (SSSR count). The van der Waals surface area contributed by atoms with Crippen LogP contribution in [0, 0.1) is 0 Å². The topological polar surface area (TPSA) is 109 Å². The number of ketones is 1. The number of nitrogens with one attached hydrogen (secondary N) is 1. The van der Waals surface area contributed by atoms with Gasteiger partial charge in [-0.3, -0.25) is 10.2 Å². The Morgan fingerprint density at radius 3 is 2.43 bits per heavy atom. The number of hydrogen-bond donors (Lipinski definition) is 3. The molecule has 2 aromatic carbocycles. The van der Waals surface area contributed by atoms with Crippen LogP contribution in [0.25, 0.3) is 11.1 Å². The molecule has 0 saturated carbocycles. The zero-order valence-corrected chi connectivity index (χ0v) is 15.2. The smallest absolute Gasteiger partial charge is 0.426 e. The summed E-state index contributed by atoms with van der Waals surface area (Å²) in [5.41, 5.74) is 11.2. The summed E-state index contributed by atoms with van der Waals surface area (Å²) in [6.07, 6.45) is 0.352. The fourth-order valence-corrected chi connectivity index (χ4v) is 2.81. The number of carboxylic acid groups (broad SMARTS) is 1. The number of Topliss-reactive ketones (excluding diaryl/α,β-unsaturated/α-hetero) is 1. The van der Waals surface area contributed by atoms with Gasteiger partial charge in [0, 0.05) is 11.8 Å². The monoisotopic (exact) mass is 376 g/mol. The third kappa shape index (κ3) is 4.27. The summed E-state index contributed by atoms with van der Waals surface area (Å²) >= 11 is 0. The Bertz CT molecular complexity index is 992. The number of nitrogen functional groups attached to an aromatic ring is 1. The van der Waals surface area contributed by atoms with Gasteiger partial charge in [-0.2, -0.15) is 0 Å². The van der Waals surface area contributed by atoms with E-state index < -0.39 is 12.1 Å². The molecule has 4 N–H and O–H groups in total. The first-order valence-electron chi connectivity index (χ1n) is 8.66. The highest BCUT2D eigenvalue weighted by molar-refractivity contribution is 6.01. The highest BCUT2D eigenvalue weighted by Crippen LogP contribution is 2.24. The van der Waals surface area contributed by atoms with Crippen molar-refractivity contribution in [3.05, 3.63) is 78.5 Å². The van der Waals surface area contributed by atoms with Gasteiger partial charge in [0.1, 0.15) is 11.9 Å². The zero-order chi connectivity index (χ0) is 20.1. The van der Waals surface area contributed by atoms with Crippen LogP contribution < -0.4 is 11.2 Å². The molecule has 28 heavy (non-hydrogen) atoms. The molecule has 142 valence electrons. The van der Waals surface area contributed by atoms with Crippen LogP contribution in [0.3, 0.4) is 0 Å². The molecule has 7 nitrogen and oxygen atoms in total. The third-order valence-electron chi connectivity index (χ3n) is 4.26. The maximum atomic E-state index is 12.6. The molecule has 1 aromatic heterocycles. The standard InChI is InChI=1S/C21H20N4O3/c1-14(20(26)15-6-3-2-4-7-15)25(21(27)28)24-18-9-5-8-16(12-18)17-10-11-23-19(22)13-17/h2-14,24H,1H3,(H2,22,23)(H,27,28). The summed E-state index contributed by atoms with van der Waals surface area (Å²) in [5, 5.41) is 10.5. The lowest BCUT2D eigenvalue weighted by Crippen LogP contribution is -2.46. The fraction of sp³-hybridized carbons (Fsp3) is 0.0952. The van der Waals surface area contributed by atoms with Crippen LogP contribution >= 0.6 is 0 Å². The van der Waals surface area contributed by atoms with Gasteiger partial charge in [-0.05, 0) is 42.3 Å². The maximum Gasteiger partial charge on any atom is 0.426 e. The van der Waals surface area contributed by atoms with Crippen molar-refractivity contribution >= 4 is 23.4 Å². The highest BCUT2D eigenvalue weighted by Gasteiger charge is 2.26. The minimum absolute atomic E-state index is 0.298. The van der Waals surface area contributed by atoms with Crippen molar-refractivity contribution < 1.29 is 14.7 Å². The number of nitrogens with zero attached hydrogens (tertiary/aromatic N) is 2. The van der Waals surface area contributed by atoms with Gasteiger partial charge in [-0.1, -0.05) is 42.5 Å². The zero-order valence-electron chi connectivity index (χ0n) is 15.2. The first kappa shape index (κ1) is 18.9. The van der Waals surface area contributed by atoms with E-state index in [2.05, 4.69) is 10.4 Å². The van der Waals surface area contributed by atoms with E-state index >= 15 is 0 Å². The Hall–Kier alpha value is -3.87. The van der Waals surface area contributed by atoms with Crippen LogP contribution in [-0.2, 0) is 0 Å². The van der Waals surface area contributed by atoms with Crippen molar-refractivity contribution in [3.63, 3.8) is 0 Å². The van der Waals surface area contributed by atoms with Crippen LogP contribution in [0.1, 0.15) is 17.3 Å². The minimum atomic E-state index is -1.25. The molecule has 1 heterocycles. The number of hydrazine groups is 1. The summed E-state index contributed by atoms with van der Waals surface area (Å²) in [7, 11) is 0. The Morgan fingerprint density at radius 1 is 1.04 bits per heavy atom. The average Bonchev–Trinajstić information content (AvgIpc) is 2.71. The van der Waals surface area contributed by atoms with Crippen LogP contribution in [0.5, 0.6) is 0 Å². The number of benzene rings is 2. The molecule has 7 heteroatoms. The van der Waals surface area contributed by atoms with Gasteiger partial charge in [0.15, 0.2) is 5.78 Å². The molecule has 0 bridgehead atoms. The maximum absolute atomic E-state index is 12.6. The van der Waals surface area contributed by atoms with Gasteiger partial charge in [0.05, 0.1) is 5.69 Å². The number of carbonyl (C=O) groups excluding carboxylic acids is 1. The lowest BCUT2D eigenvalue weighted by atomic mass is 10.1. The van der Waals surface area contributed by atoms with E-state index in [4.69, 9.17) is 5.73 Å². The van der Waals surface area contributed by atoms with Crippen LogP contribution in [0.4, 0.5) is 16.3 Å². The van der Waals surface area contributed by atoms with Gasteiger partial charge >= 0.3 is 6.09 Å². The molecule has 3 aromatic rings. The number of amides is 1. The number of anilines is 2. The number of hydrogen-bond acceptors (Lipinski definition) is 5. The third-order valence-corrected chi connectivity index (χ3v) is 4.26. The molecule has 1 amide bonds. The first-order valence-corrected chi connectivity index (χ1v) is 8.66. The molecule has 1 unspecified atom stereocenters. The lowest BCUT2D eigenvalue weighted by Gasteiger charge is -2.27. The van der Waals surface area contributed by atoms with Gasteiger partial charge in [-0.25, -0.2) is 14.8 Å². The molecule has 0 fully saturated rings. The summed E-state index contributed by atoms with van der Waals surface area (Å²) in [4.78, 5) is 28.4. The molecule has 0 saturated heterocycles.